The van der Waals surface area contributed by atoms with E-state index in [1.807, 2.05) is 0 Å². The number of alkyl halides is 3. The Labute approximate surface area is 305 Å². The molecular weight excluding hydrogens is 742 g/mol. The number of hydrogen-bond donors (Lipinski definition) is 3. The number of halogens is 3. The van der Waals surface area contributed by atoms with Crippen molar-refractivity contribution in [1.82, 2.24) is 0 Å². The van der Waals surface area contributed by atoms with Crippen LogP contribution < -0.4 is 0 Å². The summed E-state index contributed by atoms with van der Waals surface area (Å²) in [6, 6.07) is 0. The van der Waals surface area contributed by atoms with Crippen molar-refractivity contribution in [3.8, 4) is 0 Å². The van der Waals surface area contributed by atoms with Gasteiger partial charge in [0.25, 0.3) is 17.4 Å². The quantitative estimate of drug-likeness (QED) is 0.0528. The number of phosphoric acid groups is 1. The molecule has 6 unspecified atom stereocenters. The van der Waals surface area contributed by atoms with Gasteiger partial charge in [-0.15, -0.1) is 34.8 Å². The van der Waals surface area contributed by atoms with Crippen molar-refractivity contribution in [2.45, 2.75) is 58.9 Å². The molecule has 0 aliphatic rings. The first-order valence-electron chi connectivity index (χ1n) is 14.4. The SMILES string of the molecule is C=C(C)C(=O)C(CCl)C(O)(OP(=O)(OC(O)(C(=O)C(=C)C)C(CCl)C(=O)C(=C)C)OC(O)(C(=O)C(=C)C)C(CCl)C(=O)C(=C)C)C(=O)C(=C)C. The van der Waals surface area contributed by atoms with E-state index >= 15 is 4.57 Å². The van der Waals surface area contributed by atoms with Gasteiger partial charge in [0.2, 0.25) is 17.3 Å². The maximum absolute atomic E-state index is 15.1. The van der Waals surface area contributed by atoms with Crippen LogP contribution in [0.1, 0.15) is 41.5 Å². The molecule has 50 heavy (non-hydrogen) atoms. The van der Waals surface area contributed by atoms with E-state index in [0.717, 1.165) is 41.5 Å². The van der Waals surface area contributed by atoms with E-state index < -0.39 is 112 Å². The van der Waals surface area contributed by atoms with E-state index in [0.29, 0.717) is 0 Å². The maximum atomic E-state index is 15.1. The van der Waals surface area contributed by atoms with Gasteiger partial charge in [0, 0.05) is 17.6 Å². The first kappa shape index (κ1) is 47.3. The normalized spacial score (nSPS) is 17.9. The molecule has 3 N–H and O–H groups in total. The van der Waals surface area contributed by atoms with Gasteiger partial charge in [-0.3, -0.25) is 28.8 Å². The van der Waals surface area contributed by atoms with E-state index in [1.54, 1.807) is 0 Å². The van der Waals surface area contributed by atoms with Gasteiger partial charge in [-0.2, -0.15) is 0 Å². The van der Waals surface area contributed by atoms with Gasteiger partial charge in [0.1, 0.15) is 0 Å². The summed E-state index contributed by atoms with van der Waals surface area (Å²) in [6.45, 7) is 26.9. The van der Waals surface area contributed by atoms with Crippen LogP contribution >= 0.6 is 42.6 Å². The lowest BCUT2D eigenvalue weighted by Gasteiger charge is -2.41. The number of Topliss-reactive ketones (excluding diaryl/α,β-unsaturated/α-hetero) is 6. The largest absolute Gasteiger partial charge is 0.483 e. The first-order valence-corrected chi connectivity index (χ1v) is 17.4. The lowest BCUT2D eigenvalue weighted by molar-refractivity contribution is -0.234. The smallest absolute Gasteiger partial charge is 0.358 e. The molecule has 0 spiro atoms. The molecule has 17 heteroatoms. The number of carbonyl (C=O) groups excluding carboxylic acids is 6. The Balaban J connectivity index is 8.60. The molecule has 0 aliphatic carbocycles. The number of phosphoric ester groups is 1. The van der Waals surface area contributed by atoms with Crippen molar-refractivity contribution in [2.24, 2.45) is 17.8 Å². The molecule has 0 amide bonds. The van der Waals surface area contributed by atoms with E-state index in [4.69, 9.17) is 48.4 Å². The van der Waals surface area contributed by atoms with E-state index in [2.05, 4.69) is 39.5 Å². The molecule has 0 saturated carbocycles. The Hall–Kier alpha value is -2.68. The summed E-state index contributed by atoms with van der Waals surface area (Å²) < 4.78 is 30.9. The Morgan fingerprint density at radius 1 is 0.500 bits per heavy atom. The minimum Gasteiger partial charge on any atom is -0.358 e. The molecule has 0 heterocycles. The molecule has 0 rings (SSSR count). The van der Waals surface area contributed by atoms with Crippen molar-refractivity contribution >= 4 is 77.3 Å². The van der Waals surface area contributed by atoms with Gasteiger partial charge in [-0.25, -0.2) is 18.1 Å². The standard InChI is InChI=1S/C33H42Cl3O13P/c1-16(2)25(37)22(13-34)31(43,28(40)19(7)8)47-50(46,48-32(44,29(41)20(9)10)23(14-35)26(38)17(3)4)49-33(45,30(42)21(11)12)24(15-36)27(39)18(5)6/h22-24,43-45H,1,3,5,7,9,11,13-15H2,2,4,6,8,10,12H3. The van der Waals surface area contributed by atoms with Gasteiger partial charge in [0.15, 0.2) is 17.3 Å². The average Bonchev–Trinajstić information content (AvgIpc) is 2.99. The van der Waals surface area contributed by atoms with Crippen LogP contribution in [0.2, 0.25) is 0 Å². The molecule has 0 bridgehead atoms. The summed E-state index contributed by atoms with van der Waals surface area (Å²) in [6.07, 6.45) is 0. The van der Waals surface area contributed by atoms with Gasteiger partial charge in [-0.05, 0) is 75.0 Å². The highest BCUT2D eigenvalue weighted by molar-refractivity contribution is 7.48. The number of ketones is 6. The number of carbonyl (C=O) groups is 6. The third-order valence-electron chi connectivity index (χ3n) is 6.98. The Kier molecular flexibility index (Phi) is 17.2. The molecule has 0 fully saturated rings. The Bertz CT molecular complexity index is 1400. The predicted molar refractivity (Wildman–Crippen MR) is 187 cm³/mol. The number of allylic oxidation sites excluding steroid dienone is 3. The van der Waals surface area contributed by atoms with Crippen molar-refractivity contribution < 1.29 is 62.2 Å². The van der Waals surface area contributed by atoms with Crippen LogP contribution in [0.15, 0.2) is 72.9 Å². The van der Waals surface area contributed by atoms with Crippen LogP contribution in [0.25, 0.3) is 0 Å². The lowest BCUT2D eigenvalue weighted by Crippen LogP contribution is -2.57. The number of aliphatic hydroxyl groups is 3. The second-order valence-electron chi connectivity index (χ2n) is 11.7. The van der Waals surface area contributed by atoms with E-state index in [-0.39, 0.29) is 16.7 Å². The fourth-order valence-corrected chi connectivity index (χ4v) is 7.04. The van der Waals surface area contributed by atoms with Crippen LogP contribution in [0.4, 0.5) is 0 Å². The van der Waals surface area contributed by atoms with Crippen LogP contribution in [-0.4, -0.2) is 85.0 Å². The molecule has 278 valence electrons. The van der Waals surface area contributed by atoms with Crippen LogP contribution in [0.5, 0.6) is 0 Å². The molecule has 0 aromatic heterocycles. The highest BCUT2D eigenvalue weighted by Gasteiger charge is 2.63. The second kappa shape index (κ2) is 18.2. The Morgan fingerprint density at radius 3 is 0.800 bits per heavy atom. The summed E-state index contributed by atoms with van der Waals surface area (Å²) in [5, 5.41) is 35.5. The first-order chi connectivity index (χ1) is 22.6. The number of rotatable bonds is 24. The van der Waals surface area contributed by atoms with Crippen molar-refractivity contribution in [1.29, 1.82) is 0 Å². The van der Waals surface area contributed by atoms with Gasteiger partial charge in [0.05, 0.1) is 17.8 Å². The maximum Gasteiger partial charge on any atom is 0.483 e. The average molecular weight is 784 g/mol. The van der Waals surface area contributed by atoms with Crippen LogP contribution in [-0.2, 0) is 46.9 Å². The molecule has 13 nitrogen and oxygen atoms in total. The van der Waals surface area contributed by atoms with Crippen molar-refractivity contribution in [3.05, 3.63) is 72.9 Å². The minimum absolute atomic E-state index is 0.324. The molecule has 0 aliphatic heterocycles. The topological polar surface area (TPSA) is 208 Å². The summed E-state index contributed by atoms with van der Waals surface area (Å²) in [4.78, 5) is 80.2. The Morgan fingerprint density at radius 2 is 0.680 bits per heavy atom. The third kappa shape index (κ3) is 10.2. The van der Waals surface area contributed by atoms with Crippen LogP contribution in [0, 0.1) is 17.8 Å². The minimum atomic E-state index is -6.53. The van der Waals surface area contributed by atoms with Crippen molar-refractivity contribution in [3.63, 3.8) is 0 Å². The fraction of sp³-hybridized carbons (Fsp3) is 0.455. The lowest BCUT2D eigenvalue weighted by atomic mass is 9.87. The summed E-state index contributed by atoms with van der Waals surface area (Å²) in [5.41, 5.74) is -2.69. The molecule has 6 atom stereocenters. The van der Waals surface area contributed by atoms with Gasteiger partial charge < -0.3 is 15.3 Å². The summed E-state index contributed by atoms with van der Waals surface area (Å²) >= 11 is 18.0. The molecular formula is C33H42Cl3O13P. The molecule has 0 radical (unpaired) electrons. The fourth-order valence-electron chi connectivity index (χ4n) is 4.22. The highest BCUT2D eigenvalue weighted by Crippen LogP contribution is 2.61. The predicted octanol–water partition coefficient (Wildman–Crippen LogP) is 4.65. The van der Waals surface area contributed by atoms with E-state index in [9.17, 15) is 44.1 Å². The zero-order valence-corrected chi connectivity index (χ0v) is 31.8. The zero-order valence-electron chi connectivity index (χ0n) is 28.6. The number of hydrogen-bond acceptors (Lipinski definition) is 13. The summed E-state index contributed by atoms with van der Waals surface area (Å²) in [5.74, 6) is -29.4. The molecule has 0 aromatic rings. The molecule has 0 aromatic carbocycles. The van der Waals surface area contributed by atoms with Crippen molar-refractivity contribution in [2.75, 3.05) is 17.6 Å². The zero-order chi connectivity index (χ0) is 39.9. The van der Waals surface area contributed by atoms with Crippen LogP contribution in [0.3, 0.4) is 0 Å². The molecule has 0 saturated heterocycles. The monoisotopic (exact) mass is 782 g/mol. The van der Waals surface area contributed by atoms with Gasteiger partial charge in [-0.1, -0.05) is 39.5 Å². The second-order valence-corrected chi connectivity index (χ2v) is 14.1. The van der Waals surface area contributed by atoms with E-state index in [1.165, 1.54) is 0 Å². The van der Waals surface area contributed by atoms with Gasteiger partial charge >= 0.3 is 7.82 Å². The third-order valence-corrected chi connectivity index (χ3v) is 9.41. The summed E-state index contributed by atoms with van der Waals surface area (Å²) in [7, 11) is -6.53. The highest BCUT2D eigenvalue weighted by atomic mass is 35.5.